The maximum atomic E-state index is 12.5. The smallest absolute Gasteiger partial charge is 0.227 e. The molecule has 0 spiro atoms. The van der Waals surface area contributed by atoms with Crippen molar-refractivity contribution in [3.63, 3.8) is 0 Å². The van der Waals surface area contributed by atoms with Gasteiger partial charge in [0.1, 0.15) is 5.82 Å². The summed E-state index contributed by atoms with van der Waals surface area (Å²) in [6.07, 6.45) is 2.17. The molecule has 1 aromatic heterocycles. The van der Waals surface area contributed by atoms with Crippen molar-refractivity contribution < 1.29 is 9.59 Å². The van der Waals surface area contributed by atoms with Gasteiger partial charge in [0.2, 0.25) is 12.4 Å². The number of amides is 1. The third-order valence-corrected chi connectivity index (χ3v) is 4.52. The first kappa shape index (κ1) is 15.7. The highest BCUT2D eigenvalue weighted by Crippen LogP contribution is 2.37. The lowest BCUT2D eigenvalue weighted by molar-refractivity contribution is -0.118. The summed E-state index contributed by atoms with van der Waals surface area (Å²) in [4.78, 5) is 36.4. The van der Waals surface area contributed by atoms with Gasteiger partial charge in [-0.1, -0.05) is 13.8 Å². The standard InChI is InChI=1S/C16H23N5O2/c1-16(2)8-11-13(12(23)9-16)14(17-3)19-15(18-11)21-6-4-20(10-22)5-7-21/h10H,4-9H2,1-3H3,(H,17,18,19). The average molecular weight is 317 g/mol. The van der Waals surface area contributed by atoms with Crippen LogP contribution in [0.2, 0.25) is 0 Å². The summed E-state index contributed by atoms with van der Waals surface area (Å²) >= 11 is 0. The highest BCUT2D eigenvalue weighted by atomic mass is 16.1. The third-order valence-electron chi connectivity index (χ3n) is 4.52. The first-order valence-electron chi connectivity index (χ1n) is 8.00. The number of aromatic nitrogens is 2. The van der Waals surface area contributed by atoms with Gasteiger partial charge in [0.05, 0.1) is 11.3 Å². The Morgan fingerprint density at radius 3 is 2.43 bits per heavy atom. The minimum Gasteiger partial charge on any atom is -0.372 e. The molecular formula is C16H23N5O2. The second kappa shape index (κ2) is 5.79. The van der Waals surface area contributed by atoms with Crippen LogP contribution in [0.4, 0.5) is 11.8 Å². The van der Waals surface area contributed by atoms with Crippen molar-refractivity contribution in [1.29, 1.82) is 0 Å². The number of fused-ring (bicyclic) bond motifs is 1. The van der Waals surface area contributed by atoms with Crippen LogP contribution >= 0.6 is 0 Å². The molecule has 0 saturated carbocycles. The number of rotatable bonds is 3. The SMILES string of the molecule is CNc1nc(N2CCN(C=O)CC2)nc2c1C(=O)CC(C)(C)C2. The number of nitrogens with zero attached hydrogens (tertiary/aromatic N) is 4. The van der Waals surface area contributed by atoms with Crippen molar-refractivity contribution in [1.82, 2.24) is 14.9 Å². The Morgan fingerprint density at radius 1 is 1.13 bits per heavy atom. The number of nitrogens with one attached hydrogen (secondary N) is 1. The molecule has 2 heterocycles. The minimum absolute atomic E-state index is 0.0725. The van der Waals surface area contributed by atoms with Gasteiger partial charge in [0.25, 0.3) is 0 Å². The zero-order valence-corrected chi connectivity index (χ0v) is 13.9. The van der Waals surface area contributed by atoms with Crippen LogP contribution in [-0.2, 0) is 11.2 Å². The van der Waals surface area contributed by atoms with E-state index in [9.17, 15) is 9.59 Å². The molecule has 3 rings (SSSR count). The van der Waals surface area contributed by atoms with Crippen LogP contribution in [0.5, 0.6) is 0 Å². The van der Waals surface area contributed by atoms with Gasteiger partial charge in [0, 0.05) is 39.6 Å². The number of hydrogen-bond donors (Lipinski definition) is 1. The lowest BCUT2D eigenvalue weighted by Gasteiger charge is -2.34. The number of Topliss-reactive ketones (excluding diaryl/α,β-unsaturated/α-hetero) is 1. The molecule has 7 heteroatoms. The Hall–Kier alpha value is -2.18. The van der Waals surface area contributed by atoms with Crippen LogP contribution in [0.15, 0.2) is 0 Å². The fourth-order valence-corrected chi connectivity index (χ4v) is 3.30. The zero-order chi connectivity index (χ0) is 16.6. The first-order chi connectivity index (χ1) is 10.9. The summed E-state index contributed by atoms with van der Waals surface area (Å²) in [6.45, 7) is 6.94. The van der Waals surface area contributed by atoms with E-state index in [0.717, 1.165) is 18.5 Å². The molecule has 0 atom stereocenters. The van der Waals surface area contributed by atoms with Gasteiger partial charge in [-0.15, -0.1) is 0 Å². The van der Waals surface area contributed by atoms with Crippen molar-refractivity contribution in [3.05, 3.63) is 11.3 Å². The van der Waals surface area contributed by atoms with Crippen molar-refractivity contribution in [2.75, 3.05) is 43.4 Å². The summed E-state index contributed by atoms with van der Waals surface area (Å²) in [5, 5.41) is 3.05. The maximum Gasteiger partial charge on any atom is 0.227 e. The number of ketones is 1. The van der Waals surface area contributed by atoms with Gasteiger partial charge in [-0.05, 0) is 11.8 Å². The molecule has 0 aromatic carbocycles. The number of hydrogen-bond acceptors (Lipinski definition) is 6. The van der Waals surface area contributed by atoms with Gasteiger partial charge in [-0.3, -0.25) is 9.59 Å². The molecule has 0 unspecified atom stereocenters. The Kier molecular flexibility index (Phi) is 3.95. The predicted molar refractivity (Wildman–Crippen MR) is 87.9 cm³/mol. The summed E-state index contributed by atoms with van der Waals surface area (Å²) in [7, 11) is 1.78. The Morgan fingerprint density at radius 2 is 1.83 bits per heavy atom. The first-order valence-corrected chi connectivity index (χ1v) is 8.00. The molecule has 1 aromatic rings. The van der Waals surface area contributed by atoms with Crippen molar-refractivity contribution >= 4 is 24.0 Å². The summed E-state index contributed by atoms with van der Waals surface area (Å²) in [6, 6.07) is 0. The van der Waals surface area contributed by atoms with E-state index in [0.29, 0.717) is 49.9 Å². The van der Waals surface area contributed by atoms with E-state index in [1.165, 1.54) is 0 Å². The predicted octanol–water partition coefficient (Wildman–Crippen LogP) is 0.952. The molecule has 23 heavy (non-hydrogen) atoms. The largest absolute Gasteiger partial charge is 0.372 e. The van der Waals surface area contributed by atoms with E-state index in [1.54, 1.807) is 11.9 Å². The minimum atomic E-state index is -0.0725. The molecule has 1 saturated heterocycles. The monoisotopic (exact) mass is 317 g/mol. The zero-order valence-electron chi connectivity index (χ0n) is 13.9. The Labute approximate surface area is 136 Å². The van der Waals surface area contributed by atoms with Crippen LogP contribution < -0.4 is 10.2 Å². The van der Waals surface area contributed by atoms with Crippen LogP contribution in [0.1, 0.15) is 36.3 Å². The van der Waals surface area contributed by atoms with Crippen LogP contribution in [0.25, 0.3) is 0 Å². The quantitative estimate of drug-likeness (QED) is 0.836. The molecule has 1 aliphatic carbocycles. The molecule has 1 fully saturated rings. The summed E-state index contributed by atoms with van der Waals surface area (Å²) < 4.78 is 0. The maximum absolute atomic E-state index is 12.5. The topological polar surface area (TPSA) is 78.4 Å². The van der Waals surface area contributed by atoms with Gasteiger partial charge >= 0.3 is 0 Å². The van der Waals surface area contributed by atoms with Crippen molar-refractivity contribution in [2.45, 2.75) is 26.7 Å². The fraction of sp³-hybridized carbons (Fsp3) is 0.625. The van der Waals surface area contributed by atoms with Gasteiger partial charge in [-0.25, -0.2) is 4.98 Å². The number of carbonyl (C=O) groups is 2. The highest BCUT2D eigenvalue weighted by Gasteiger charge is 2.35. The molecule has 2 aliphatic rings. The van der Waals surface area contributed by atoms with E-state index in [4.69, 9.17) is 0 Å². The molecule has 1 aliphatic heterocycles. The van der Waals surface area contributed by atoms with Crippen LogP contribution in [0.3, 0.4) is 0 Å². The Balaban J connectivity index is 1.95. The molecule has 124 valence electrons. The number of carbonyl (C=O) groups excluding carboxylic acids is 2. The molecular weight excluding hydrogens is 294 g/mol. The molecule has 0 bridgehead atoms. The summed E-state index contributed by atoms with van der Waals surface area (Å²) in [5.74, 6) is 1.37. The normalized spacial score (nSPS) is 20.2. The van der Waals surface area contributed by atoms with E-state index >= 15 is 0 Å². The lowest BCUT2D eigenvalue weighted by atomic mass is 9.76. The average Bonchev–Trinajstić information content (AvgIpc) is 2.52. The third kappa shape index (κ3) is 3.00. The lowest BCUT2D eigenvalue weighted by Crippen LogP contribution is -2.46. The number of piperazine rings is 1. The van der Waals surface area contributed by atoms with Gasteiger partial charge < -0.3 is 15.1 Å². The van der Waals surface area contributed by atoms with Gasteiger partial charge in [0.15, 0.2) is 5.78 Å². The number of anilines is 2. The molecule has 0 radical (unpaired) electrons. The van der Waals surface area contributed by atoms with E-state index < -0.39 is 0 Å². The van der Waals surface area contributed by atoms with Crippen LogP contribution in [0, 0.1) is 5.41 Å². The molecule has 1 N–H and O–H groups in total. The van der Waals surface area contributed by atoms with E-state index in [-0.39, 0.29) is 11.2 Å². The van der Waals surface area contributed by atoms with E-state index in [1.807, 2.05) is 0 Å². The van der Waals surface area contributed by atoms with Gasteiger partial charge in [-0.2, -0.15) is 4.98 Å². The summed E-state index contributed by atoms with van der Waals surface area (Å²) in [5.41, 5.74) is 1.40. The second-order valence-electron chi connectivity index (χ2n) is 7.01. The second-order valence-corrected chi connectivity index (χ2v) is 7.01. The fourth-order valence-electron chi connectivity index (χ4n) is 3.30. The van der Waals surface area contributed by atoms with Crippen molar-refractivity contribution in [2.24, 2.45) is 5.41 Å². The van der Waals surface area contributed by atoms with Crippen molar-refractivity contribution in [3.8, 4) is 0 Å². The Bertz CT molecular complexity index is 636. The van der Waals surface area contributed by atoms with Crippen LogP contribution in [-0.4, -0.2) is 60.3 Å². The highest BCUT2D eigenvalue weighted by molar-refractivity contribution is 6.03. The molecule has 1 amide bonds. The van der Waals surface area contributed by atoms with E-state index in [2.05, 4.69) is 34.0 Å². The molecule has 7 nitrogen and oxygen atoms in total.